The SMILES string of the molecule is O=C(N[C@H]1CN2CCC1CC2)c1ccc(Oc2nc(Cl)cs2)s1. The van der Waals surface area contributed by atoms with E-state index in [-0.39, 0.29) is 11.9 Å². The Kier molecular flexibility index (Phi) is 4.27. The first-order valence-electron chi connectivity index (χ1n) is 7.59. The van der Waals surface area contributed by atoms with Crippen molar-refractivity contribution >= 4 is 40.2 Å². The first-order chi connectivity index (χ1) is 11.2. The van der Waals surface area contributed by atoms with Gasteiger partial charge in [-0.2, -0.15) is 4.98 Å². The zero-order valence-electron chi connectivity index (χ0n) is 12.3. The van der Waals surface area contributed by atoms with Crippen LogP contribution in [0.25, 0.3) is 0 Å². The molecule has 5 rings (SSSR count). The lowest BCUT2D eigenvalue weighted by atomic mass is 9.84. The molecule has 2 aromatic heterocycles. The van der Waals surface area contributed by atoms with Crippen molar-refractivity contribution in [3.8, 4) is 10.3 Å². The fourth-order valence-corrected chi connectivity index (χ4v) is 4.85. The molecule has 0 spiro atoms. The number of aromatic nitrogens is 1. The number of hydrogen-bond acceptors (Lipinski definition) is 6. The smallest absolute Gasteiger partial charge is 0.280 e. The number of fused-ring (bicyclic) bond motifs is 3. The zero-order valence-corrected chi connectivity index (χ0v) is 14.7. The summed E-state index contributed by atoms with van der Waals surface area (Å²) in [4.78, 5) is 19.6. The van der Waals surface area contributed by atoms with Gasteiger partial charge in [0.1, 0.15) is 5.15 Å². The molecule has 1 N–H and O–H groups in total. The van der Waals surface area contributed by atoms with Crippen molar-refractivity contribution in [3.05, 3.63) is 27.5 Å². The number of carbonyl (C=O) groups excluding carboxylic acids is 1. The average molecular weight is 370 g/mol. The number of halogens is 1. The van der Waals surface area contributed by atoms with Gasteiger partial charge in [-0.1, -0.05) is 34.3 Å². The van der Waals surface area contributed by atoms with Crippen LogP contribution in [0.3, 0.4) is 0 Å². The van der Waals surface area contributed by atoms with E-state index < -0.39 is 0 Å². The highest BCUT2D eigenvalue weighted by Gasteiger charge is 2.35. The Balaban J connectivity index is 1.39. The van der Waals surface area contributed by atoms with Crippen LogP contribution in [0.4, 0.5) is 0 Å². The Morgan fingerprint density at radius 2 is 2.22 bits per heavy atom. The van der Waals surface area contributed by atoms with Gasteiger partial charge in [0, 0.05) is 18.0 Å². The quantitative estimate of drug-likeness (QED) is 0.896. The molecule has 23 heavy (non-hydrogen) atoms. The van der Waals surface area contributed by atoms with Crippen LogP contribution < -0.4 is 10.1 Å². The van der Waals surface area contributed by atoms with Crippen LogP contribution in [0.5, 0.6) is 10.3 Å². The topological polar surface area (TPSA) is 54.5 Å². The van der Waals surface area contributed by atoms with Crippen molar-refractivity contribution in [2.24, 2.45) is 5.92 Å². The summed E-state index contributed by atoms with van der Waals surface area (Å²) in [5.41, 5.74) is 0. The van der Waals surface area contributed by atoms with E-state index in [9.17, 15) is 4.79 Å². The number of thiazole rings is 1. The molecule has 0 saturated carbocycles. The fourth-order valence-electron chi connectivity index (χ4n) is 3.24. The number of amides is 1. The van der Waals surface area contributed by atoms with Gasteiger partial charge in [0.05, 0.1) is 4.88 Å². The second-order valence-corrected chi connectivity index (χ2v) is 8.13. The molecule has 2 aromatic rings. The molecule has 5 heterocycles. The van der Waals surface area contributed by atoms with E-state index >= 15 is 0 Å². The summed E-state index contributed by atoms with van der Waals surface area (Å²) >= 11 is 8.44. The number of ether oxygens (including phenoxy) is 1. The lowest BCUT2D eigenvalue weighted by Gasteiger charge is -2.44. The molecule has 3 fully saturated rings. The van der Waals surface area contributed by atoms with Gasteiger partial charge in [-0.15, -0.1) is 0 Å². The minimum atomic E-state index is -0.0132. The predicted molar refractivity (Wildman–Crippen MR) is 91.9 cm³/mol. The first kappa shape index (κ1) is 15.4. The number of carbonyl (C=O) groups is 1. The molecule has 2 bridgehead atoms. The Morgan fingerprint density at radius 1 is 1.39 bits per heavy atom. The molecule has 0 radical (unpaired) electrons. The van der Waals surface area contributed by atoms with Gasteiger partial charge in [0.25, 0.3) is 11.1 Å². The minimum absolute atomic E-state index is 0.0132. The van der Waals surface area contributed by atoms with Crippen molar-refractivity contribution in [1.82, 2.24) is 15.2 Å². The van der Waals surface area contributed by atoms with Gasteiger partial charge in [0.15, 0.2) is 5.06 Å². The molecular formula is C15H16ClN3O2S2. The summed E-state index contributed by atoms with van der Waals surface area (Å²) in [6.07, 6.45) is 2.38. The standard InChI is InChI=1S/C15H16ClN3O2S2/c16-12-8-22-15(18-12)21-13-2-1-11(23-13)14(20)17-10-7-19-5-3-9(10)4-6-19/h1-2,8-10H,3-7H2,(H,17,20)/t10-/m0/s1. The lowest BCUT2D eigenvalue weighted by molar-refractivity contribution is 0.0622. The largest absolute Gasteiger partial charge is 0.420 e. The number of nitrogens with zero attached hydrogens (tertiary/aromatic N) is 2. The van der Waals surface area contributed by atoms with Crippen molar-refractivity contribution < 1.29 is 9.53 Å². The van der Waals surface area contributed by atoms with Crippen LogP contribution in [-0.2, 0) is 0 Å². The number of rotatable bonds is 4. The van der Waals surface area contributed by atoms with Crippen molar-refractivity contribution in [3.63, 3.8) is 0 Å². The van der Waals surface area contributed by atoms with E-state index in [1.807, 2.05) is 0 Å². The first-order valence-corrected chi connectivity index (χ1v) is 9.67. The lowest BCUT2D eigenvalue weighted by Crippen LogP contribution is -2.57. The molecule has 3 aliphatic rings. The van der Waals surface area contributed by atoms with Gasteiger partial charge < -0.3 is 15.0 Å². The van der Waals surface area contributed by atoms with Crippen LogP contribution in [0, 0.1) is 5.92 Å². The average Bonchev–Trinajstić information content (AvgIpc) is 3.18. The summed E-state index contributed by atoms with van der Waals surface area (Å²) < 4.78 is 5.62. The van der Waals surface area contributed by atoms with Crippen LogP contribution >= 0.6 is 34.3 Å². The van der Waals surface area contributed by atoms with E-state index in [1.165, 1.54) is 48.6 Å². The molecule has 0 aliphatic carbocycles. The van der Waals surface area contributed by atoms with E-state index in [4.69, 9.17) is 16.3 Å². The maximum absolute atomic E-state index is 12.5. The molecule has 0 unspecified atom stereocenters. The van der Waals surface area contributed by atoms with Crippen molar-refractivity contribution in [2.75, 3.05) is 19.6 Å². The summed E-state index contributed by atoms with van der Waals surface area (Å²) in [6, 6.07) is 3.87. The summed E-state index contributed by atoms with van der Waals surface area (Å²) in [5, 5.41) is 6.46. The Morgan fingerprint density at radius 3 is 2.87 bits per heavy atom. The Labute approximate surface area is 147 Å². The van der Waals surface area contributed by atoms with E-state index in [0.29, 0.717) is 26.2 Å². The second kappa shape index (κ2) is 6.39. The van der Waals surface area contributed by atoms with Crippen LogP contribution in [-0.4, -0.2) is 41.5 Å². The van der Waals surface area contributed by atoms with Crippen molar-refractivity contribution in [2.45, 2.75) is 18.9 Å². The summed E-state index contributed by atoms with van der Waals surface area (Å²) in [5.74, 6) is 0.609. The van der Waals surface area contributed by atoms with E-state index in [1.54, 1.807) is 17.5 Å². The Bertz CT molecular complexity index is 709. The van der Waals surface area contributed by atoms with Gasteiger partial charge >= 0.3 is 0 Å². The molecule has 3 aliphatic heterocycles. The molecule has 5 nitrogen and oxygen atoms in total. The third-order valence-electron chi connectivity index (χ3n) is 4.42. The van der Waals surface area contributed by atoms with Gasteiger partial charge in [-0.25, -0.2) is 0 Å². The minimum Gasteiger partial charge on any atom is -0.420 e. The molecule has 3 saturated heterocycles. The monoisotopic (exact) mass is 369 g/mol. The molecule has 0 aromatic carbocycles. The third-order valence-corrected chi connectivity index (χ3v) is 6.42. The molecule has 8 heteroatoms. The number of nitrogens with one attached hydrogen (secondary N) is 1. The number of thiophene rings is 1. The molecule has 122 valence electrons. The number of hydrogen-bond donors (Lipinski definition) is 1. The van der Waals surface area contributed by atoms with Crippen LogP contribution in [0.1, 0.15) is 22.5 Å². The fraction of sp³-hybridized carbons (Fsp3) is 0.467. The van der Waals surface area contributed by atoms with Crippen LogP contribution in [0.15, 0.2) is 17.5 Å². The van der Waals surface area contributed by atoms with Gasteiger partial charge in [-0.3, -0.25) is 4.79 Å². The third kappa shape index (κ3) is 3.38. The van der Waals surface area contributed by atoms with Crippen molar-refractivity contribution in [1.29, 1.82) is 0 Å². The highest BCUT2D eigenvalue weighted by molar-refractivity contribution is 7.16. The van der Waals surface area contributed by atoms with Gasteiger partial charge in [-0.05, 0) is 44.0 Å². The molecule has 1 amide bonds. The highest BCUT2D eigenvalue weighted by atomic mass is 35.5. The molecule has 1 atom stereocenters. The normalized spacial score (nSPS) is 26.2. The highest BCUT2D eigenvalue weighted by Crippen LogP contribution is 2.33. The Hall–Kier alpha value is -1.15. The van der Waals surface area contributed by atoms with Gasteiger partial charge in [0.2, 0.25) is 0 Å². The van der Waals surface area contributed by atoms with E-state index in [0.717, 1.165) is 6.54 Å². The van der Waals surface area contributed by atoms with E-state index in [2.05, 4.69) is 15.2 Å². The molecular weight excluding hydrogens is 354 g/mol. The number of piperidine rings is 3. The second-order valence-electron chi connectivity index (χ2n) is 5.87. The predicted octanol–water partition coefficient (Wildman–Crippen LogP) is 3.47. The zero-order chi connectivity index (χ0) is 15.8. The summed E-state index contributed by atoms with van der Waals surface area (Å²) in [7, 11) is 0. The summed E-state index contributed by atoms with van der Waals surface area (Å²) in [6.45, 7) is 3.32. The van der Waals surface area contributed by atoms with Crippen LogP contribution in [0.2, 0.25) is 5.15 Å². The maximum atomic E-state index is 12.5. The maximum Gasteiger partial charge on any atom is 0.280 e.